The highest BCUT2D eigenvalue weighted by molar-refractivity contribution is 7.12. The number of hydrogen-bond donors (Lipinski definition) is 0. The fraction of sp³-hybridized carbons (Fsp3) is 0.556. The third-order valence-electron chi connectivity index (χ3n) is 5.10. The van der Waals surface area contributed by atoms with Gasteiger partial charge in [-0.3, -0.25) is 9.48 Å². The molecular formula is C18H23N3OS. The summed E-state index contributed by atoms with van der Waals surface area (Å²) in [5.41, 5.74) is 0. The normalized spacial score (nSPS) is 27.2. The number of rotatable bonds is 4. The summed E-state index contributed by atoms with van der Waals surface area (Å²) in [6.07, 6.45) is 8.28. The molecule has 3 heterocycles. The number of aryl methyl sites for hydroxylation is 1. The van der Waals surface area contributed by atoms with E-state index in [-0.39, 0.29) is 5.92 Å². The molecule has 1 saturated heterocycles. The van der Waals surface area contributed by atoms with E-state index < -0.39 is 0 Å². The topological polar surface area (TPSA) is 38.1 Å². The SMILES string of the molecule is Cc1ccc(C2CC2C(=O)N2CCCCC2Cn2cccn2)s1. The Bertz CT molecular complexity index is 678. The number of thiophene rings is 1. The molecule has 4 nitrogen and oxygen atoms in total. The van der Waals surface area contributed by atoms with Crippen LogP contribution in [0.3, 0.4) is 0 Å². The standard InChI is InChI=1S/C18H23N3OS/c1-13-6-7-17(23-13)15-11-16(15)18(22)21-10-3-2-5-14(21)12-20-9-4-8-19-20/h4,6-9,14-16H,2-3,5,10-12H2,1H3. The molecule has 0 bridgehead atoms. The van der Waals surface area contributed by atoms with Crippen molar-refractivity contribution in [1.29, 1.82) is 0 Å². The molecule has 0 N–H and O–H groups in total. The molecule has 0 spiro atoms. The maximum absolute atomic E-state index is 13.0. The zero-order valence-corrected chi connectivity index (χ0v) is 14.3. The van der Waals surface area contributed by atoms with Gasteiger partial charge in [-0.1, -0.05) is 0 Å². The van der Waals surface area contributed by atoms with Crippen LogP contribution in [0.5, 0.6) is 0 Å². The van der Waals surface area contributed by atoms with E-state index in [0.717, 1.165) is 32.4 Å². The average Bonchev–Trinajstić information content (AvgIpc) is 2.96. The van der Waals surface area contributed by atoms with Gasteiger partial charge in [-0.2, -0.15) is 5.10 Å². The van der Waals surface area contributed by atoms with Crippen LogP contribution in [0.1, 0.15) is 41.4 Å². The van der Waals surface area contributed by atoms with Gasteiger partial charge in [0.05, 0.1) is 12.6 Å². The molecule has 2 fully saturated rings. The number of nitrogens with zero attached hydrogens (tertiary/aromatic N) is 3. The quantitative estimate of drug-likeness (QED) is 0.862. The van der Waals surface area contributed by atoms with Gasteiger partial charge in [0.2, 0.25) is 5.91 Å². The molecule has 23 heavy (non-hydrogen) atoms. The van der Waals surface area contributed by atoms with Crippen LogP contribution in [-0.4, -0.2) is 33.2 Å². The lowest BCUT2D eigenvalue weighted by Crippen LogP contribution is -2.46. The minimum Gasteiger partial charge on any atom is -0.338 e. The van der Waals surface area contributed by atoms with Gasteiger partial charge in [-0.25, -0.2) is 0 Å². The van der Waals surface area contributed by atoms with E-state index in [4.69, 9.17) is 0 Å². The molecule has 1 saturated carbocycles. The highest BCUT2D eigenvalue weighted by Crippen LogP contribution is 2.51. The first-order valence-corrected chi connectivity index (χ1v) is 9.38. The Morgan fingerprint density at radius 2 is 2.30 bits per heavy atom. The van der Waals surface area contributed by atoms with Crippen LogP contribution >= 0.6 is 11.3 Å². The Morgan fingerprint density at radius 1 is 1.39 bits per heavy atom. The lowest BCUT2D eigenvalue weighted by Gasteiger charge is -2.36. The van der Waals surface area contributed by atoms with Gasteiger partial charge in [0.25, 0.3) is 0 Å². The highest BCUT2D eigenvalue weighted by Gasteiger charge is 2.47. The first-order valence-electron chi connectivity index (χ1n) is 8.56. The smallest absolute Gasteiger partial charge is 0.226 e. The zero-order chi connectivity index (χ0) is 15.8. The van der Waals surface area contributed by atoms with E-state index >= 15 is 0 Å². The molecule has 1 amide bonds. The Hall–Kier alpha value is -1.62. The molecule has 0 aromatic carbocycles. The van der Waals surface area contributed by atoms with Gasteiger partial charge in [-0.15, -0.1) is 11.3 Å². The van der Waals surface area contributed by atoms with Crippen molar-refractivity contribution in [3.05, 3.63) is 40.3 Å². The van der Waals surface area contributed by atoms with Crippen molar-refractivity contribution in [3.8, 4) is 0 Å². The first kappa shape index (κ1) is 14.9. The van der Waals surface area contributed by atoms with E-state index in [1.807, 2.05) is 34.5 Å². The predicted octanol–water partition coefficient (Wildman–Crippen LogP) is 3.44. The molecule has 1 aliphatic heterocycles. The Kier molecular flexibility index (Phi) is 3.97. The maximum Gasteiger partial charge on any atom is 0.226 e. The molecule has 0 radical (unpaired) electrons. The average molecular weight is 329 g/mol. The van der Waals surface area contributed by atoms with E-state index in [2.05, 4.69) is 29.1 Å². The molecule has 4 rings (SSSR count). The first-order chi connectivity index (χ1) is 11.2. The summed E-state index contributed by atoms with van der Waals surface area (Å²) < 4.78 is 1.96. The summed E-state index contributed by atoms with van der Waals surface area (Å²) in [4.78, 5) is 17.9. The van der Waals surface area contributed by atoms with Crippen LogP contribution < -0.4 is 0 Å². The van der Waals surface area contributed by atoms with Crippen LogP contribution in [0.2, 0.25) is 0 Å². The molecule has 122 valence electrons. The summed E-state index contributed by atoms with van der Waals surface area (Å²) in [5, 5.41) is 4.31. The summed E-state index contributed by atoms with van der Waals surface area (Å²) in [6.45, 7) is 3.88. The van der Waals surface area contributed by atoms with Crippen LogP contribution in [0.15, 0.2) is 30.6 Å². The number of hydrogen-bond acceptors (Lipinski definition) is 3. The largest absolute Gasteiger partial charge is 0.338 e. The molecule has 2 aromatic rings. The number of carbonyl (C=O) groups excluding carboxylic acids is 1. The van der Waals surface area contributed by atoms with Crippen molar-refractivity contribution in [3.63, 3.8) is 0 Å². The molecular weight excluding hydrogens is 306 g/mol. The maximum atomic E-state index is 13.0. The summed E-state index contributed by atoms with van der Waals surface area (Å²) in [7, 11) is 0. The second kappa shape index (κ2) is 6.11. The van der Waals surface area contributed by atoms with Crippen molar-refractivity contribution in [1.82, 2.24) is 14.7 Å². The minimum absolute atomic E-state index is 0.214. The summed E-state index contributed by atoms with van der Waals surface area (Å²) >= 11 is 1.85. The second-order valence-electron chi connectivity index (χ2n) is 6.81. The summed E-state index contributed by atoms with van der Waals surface area (Å²) in [6, 6.07) is 6.63. The summed E-state index contributed by atoms with van der Waals surface area (Å²) in [5.74, 6) is 1.05. The van der Waals surface area contributed by atoms with Crippen LogP contribution in [0, 0.1) is 12.8 Å². The van der Waals surface area contributed by atoms with Crippen LogP contribution in [-0.2, 0) is 11.3 Å². The molecule has 2 aromatic heterocycles. The Balaban J connectivity index is 1.44. The predicted molar refractivity (Wildman–Crippen MR) is 91.5 cm³/mol. The molecule has 1 aliphatic carbocycles. The van der Waals surface area contributed by atoms with Gasteiger partial charge in [0, 0.05) is 40.5 Å². The van der Waals surface area contributed by atoms with Crippen molar-refractivity contribution in [2.24, 2.45) is 5.92 Å². The number of piperidine rings is 1. The zero-order valence-electron chi connectivity index (χ0n) is 13.5. The molecule has 2 aliphatic rings. The van der Waals surface area contributed by atoms with Crippen molar-refractivity contribution in [2.75, 3.05) is 6.54 Å². The number of carbonyl (C=O) groups is 1. The third kappa shape index (κ3) is 3.07. The highest BCUT2D eigenvalue weighted by atomic mass is 32.1. The Morgan fingerprint density at radius 3 is 3.04 bits per heavy atom. The number of aromatic nitrogens is 2. The second-order valence-corrected chi connectivity index (χ2v) is 8.13. The van der Waals surface area contributed by atoms with Gasteiger partial charge >= 0.3 is 0 Å². The van der Waals surface area contributed by atoms with Crippen molar-refractivity contribution >= 4 is 17.2 Å². The number of likely N-dealkylation sites (tertiary alicyclic amines) is 1. The van der Waals surface area contributed by atoms with E-state index in [9.17, 15) is 4.79 Å². The van der Waals surface area contributed by atoms with Gasteiger partial charge in [0.15, 0.2) is 0 Å². The third-order valence-corrected chi connectivity index (χ3v) is 6.23. The lowest BCUT2D eigenvalue weighted by atomic mass is 10.0. The van der Waals surface area contributed by atoms with Crippen molar-refractivity contribution in [2.45, 2.75) is 51.1 Å². The number of amides is 1. The van der Waals surface area contributed by atoms with E-state index in [1.54, 1.807) is 0 Å². The molecule has 5 heteroatoms. The fourth-order valence-electron chi connectivity index (χ4n) is 3.75. The van der Waals surface area contributed by atoms with Crippen LogP contribution in [0.25, 0.3) is 0 Å². The molecule has 3 unspecified atom stereocenters. The van der Waals surface area contributed by atoms with Gasteiger partial charge < -0.3 is 4.90 Å². The van der Waals surface area contributed by atoms with E-state index in [1.165, 1.54) is 16.2 Å². The minimum atomic E-state index is 0.214. The molecule has 3 atom stereocenters. The Labute approximate surface area is 141 Å². The fourth-order valence-corrected chi connectivity index (χ4v) is 4.81. The van der Waals surface area contributed by atoms with Gasteiger partial charge in [0.1, 0.15) is 0 Å². The monoisotopic (exact) mass is 329 g/mol. The lowest BCUT2D eigenvalue weighted by molar-refractivity contribution is -0.136. The van der Waals surface area contributed by atoms with E-state index in [0.29, 0.717) is 17.9 Å². The van der Waals surface area contributed by atoms with Crippen molar-refractivity contribution < 1.29 is 4.79 Å². The van der Waals surface area contributed by atoms with Crippen LogP contribution in [0.4, 0.5) is 0 Å². The van der Waals surface area contributed by atoms with Gasteiger partial charge in [-0.05, 0) is 50.8 Å².